The molecule has 1 spiro atoms. The Hall–Kier alpha value is -2.04. The molecule has 2 amide bonds. The number of amides is 2. The van der Waals surface area contributed by atoms with Crippen LogP contribution in [0.1, 0.15) is 62.2 Å². The molecule has 4 rings (SSSR count). The Morgan fingerprint density at radius 1 is 1.21 bits per heavy atom. The van der Waals surface area contributed by atoms with Crippen molar-refractivity contribution in [1.29, 1.82) is 0 Å². The Morgan fingerprint density at radius 3 is 2.82 bits per heavy atom. The van der Waals surface area contributed by atoms with Gasteiger partial charge < -0.3 is 15.1 Å². The van der Waals surface area contributed by atoms with Gasteiger partial charge in [0.15, 0.2) is 0 Å². The van der Waals surface area contributed by atoms with E-state index in [1.165, 1.54) is 0 Å². The largest absolute Gasteiger partial charge is 0.378 e. The third-order valence-electron chi connectivity index (χ3n) is 7.52. The van der Waals surface area contributed by atoms with Gasteiger partial charge in [-0.3, -0.25) is 9.59 Å². The maximum absolute atomic E-state index is 12.9. The zero-order chi connectivity index (χ0) is 19.9. The molecule has 3 aliphatic rings. The van der Waals surface area contributed by atoms with Gasteiger partial charge in [-0.25, -0.2) is 0 Å². The van der Waals surface area contributed by atoms with Crippen molar-refractivity contribution in [3.8, 4) is 0 Å². The fourth-order valence-electron chi connectivity index (χ4n) is 6.06. The first-order valence-corrected chi connectivity index (χ1v) is 10.8. The van der Waals surface area contributed by atoms with E-state index in [0.717, 1.165) is 56.3 Å². The normalized spacial score (nSPS) is 32.3. The van der Waals surface area contributed by atoms with Gasteiger partial charge in [0.25, 0.3) is 5.91 Å². The fraction of sp³-hybridized carbons (Fsp3) is 0.652. The number of hydrogen-bond donors (Lipinski definition) is 1. The zero-order valence-corrected chi connectivity index (χ0v) is 17.4. The summed E-state index contributed by atoms with van der Waals surface area (Å²) in [6.07, 6.45) is 7.03. The molecule has 2 heterocycles. The molecule has 2 saturated heterocycles. The van der Waals surface area contributed by atoms with Crippen LogP contribution >= 0.6 is 0 Å². The van der Waals surface area contributed by atoms with E-state index < -0.39 is 0 Å². The van der Waals surface area contributed by atoms with E-state index >= 15 is 0 Å². The van der Waals surface area contributed by atoms with Gasteiger partial charge in [-0.15, -0.1) is 0 Å². The van der Waals surface area contributed by atoms with Crippen LogP contribution in [0.25, 0.3) is 0 Å². The number of nitrogens with one attached hydrogen (secondary N) is 1. The molecule has 5 heteroatoms. The molecule has 1 N–H and O–H groups in total. The lowest BCUT2D eigenvalue weighted by atomic mass is 9.63. The van der Waals surface area contributed by atoms with Crippen LogP contribution in [0.4, 0.5) is 5.69 Å². The summed E-state index contributed by atoms with van der Waals surface area (Å²) in [7, 11) is 3.97. The molecule has 5 nitrogen and oxygen atoms in total. The van der Waals surface area contributed by atoms with Gasteiger partial charge in [0.1, 0.15) is 0 Å². The lowest BCUT2D eigenvalue weighted by molar-refractivity contribution is -0.138. The number of carbonyl (C=O) groups is 2. The lowest BCUT2D eigenvalue weighted by Gasteiger charge is -2.52. The summed E-state index contributed by atoms with van der Waals surface area (Å²) in [5, 5.41) is 3.33. The van der Waals surface area contributed by atoms with E-state index in [-0.39, 0.29) is 17.5 Å². The van der Waals surface area contributed by atoms with E-state index in [1.54, 1.807) is 0 Å². The number of benzene rings is 1. The maximum atomic E-state index is 12.9. The molecule has 1 aliphatic carbocycles. The highest BCUT2D eigenvalue weighted by Gasteiger charge is 2.55. The molecule has 0 aromatic heterocycles. The molecule has 2 aliphatic heterocycles. The van der Waals surface area contributed by atoms with Crippen LogP contribution in [0, 0.1) is 11.8 Å². The second-order valence-corrected chi connectivity index (χ2v) is 9.17. The van der Waals surface area contributed by atoms with Crippen molar-refractivity contribution >= 4 is 17.5 Å². The lowest BCUT2D eigenvalue weighted by Crippen LogP contribution is -2.59. The second-order valence-electron chi connectivity index (χ2n) is 9.17. The van der Waals surface area contributed by atoms with Crippen LogP contribution in [0.5, 0.6) is 0 Å². The minimum Gasteiger partial charge on any atom is -0.378 e. The molecule has 0 radical (unpaired) electrons. The molecule has 28 heavy (non-hydrogen) atoms. The van der Waals surface area contributed by atoms with Crippen molar-refractivity contribution in [3.05, 3.63) is 29.8 Å². The van der Waals surface area contributed by atoms with Crippen molar-refractivity contribution in [3.63, 3.8) is 0 Å². The third-order valence-corrected chi connectivity index (χ3v) is 7.52. The van der Waals surface area contributed by atoms with Gasteiger partial charge in [0.2, 0.25) is 5.91 Å². The first-order chi connectivity index (χ1) is 13.4. The van der Waals surface area contributed by atoms with Crippen LogP contribution in [-0.2, 0) is 4.79 Å². The minimum absolute atomic E-state index is 0.0180. The summed E-state index contributed by atoms with van der Waals surface area (Å²) in [5.74, 6) is 1.26. The average molecular weight is 384 g/mol. The molecular formula is C23H33N3O2. The summed E-state index contributed by atoms with van der Waals surface area (Å²) >= 11 is 0. The number of hydrogen-bond acceptors (Lipinski definition) is 3. The van der Waals surface area contributed by atoms with Gasteiger partial charge in [-0.05, 0) is 68.6 Å². The first-order valence-electron chi connectivity index (χ1n) is 10.8. The molecular weight excluding hydrogens is 350 g/mol. The molecule has 1 saturated carbocycles. The smallest absolute Gasteiger partial charge is 0.251 e. The van der Waals surface area contributed by atoms with Gasteiger partial charge in [0, 0.05) is 49.9 Å². The quantitative estimate of drug-likeness (QED) is 0.870. The van der Waals surface area contributed by atoms with Crippen LogP contribution in [0.2, 0.25) is 0 Å². The van der Waals surface area contributed by atoms with Gasteiger partial charge in [-0.1, -0.05) is 13.0 Å². The second kappa shape index (κ2) is 7.41. The maximum Gasteiger partial charge on any atom is 0.251 e. The Balaban J connectivity index is 1.51. The topological polar surface area (TPSA) is 52.7 Å². The summed E-state index contributed by atoms with van der Waals surface area (Å²) in [4.78, 5) is 29.8. The molecule has 152 valence electrons. The van der Waals surface area contributed by atoms with Gasteiger partial charge in [0.05, 0.1) is 0 Å². The highest BCUT2D eigenvalue weighted by Crippen LogP contribution is 2.51. The van der Waals surface area contributed by atoms with E-state index in [1.807, 2.05) is 43.3 Å². The summed E-state index contributed by atoms with van der Waals surface area (Å²) in [6, 6.07) is 7.98. The van der Waals surface area contributed by atoms with Gasteiger partial charge >= 0.3 is 0 Å². The van der Waals surface area contributed by atoms with E-state index in [2.05, 4.69) is 17.1 Å². The van der Waals surface area contributed by atoms with Crippen molar-refractivity contribution in [1.82, 2.24) is 10.2 Å². The standard InChI is InChI=1S/C23H33N3O2/c1-16-19-9-5-10-21(27)26-14-6-12-23(19,26)13-11-20(16)24-22(28)17-7-4-8-18(15-17)25(2)3/h4,7-8,15-16,19-20H,5-6,9-14H2,1-3H3,(H,24,28)/t16-,19+,20+,23-/m1/s1. The van der Waals surface area contributed by atoms with Gasteiger partial charge in [-0.2, -0.15) is 0 Å². The molecule has 4 atom stereocenters. The predicted molar refractivity (Wildman–Crippen MR) is 111 cm³/mol. The van der Waals surface area contributed by atoms with Crippen LogP contribution in [0.3, 0.4) is 0 Å². The third kappa shape index (κ3) is 3.19. The zero-order valence-electron chi connectivity index (χ0n) is 17.4. The summed E-state index contributed by atoms with van der Waals surface area (Å²) < 4.78 is 0. The molecule has 0 bridgehead atoms. The van der Waals surface area contributed by atoms with Crippen molar-refractivity contribution in [2.24, 2.45) is 11.8 Å². The SMILES string of the molecule is C[C@H]1[C@@H](NC(=O)c2cccc(N(C)C)c2)CC[C@@]23CCCN2C(=O)CCC[C@@H]13. The monoisotopic (exact) mass is 383 g/mol. The number of nitrogens with zero attached hydrogens (tertiary/aromatic N) is 2. The first kappa shape index (κ1) is 19.3. The average Bonchev–Trinajstić information content (AvgIpc) is 3.05. The van der Waals surface area contributed by atoms with Crippen molar-refractivity contribution in [2.75, 3.05) is 25.5 Å². The van der Waals surface area contributed by atoms with E-state index in [9.17, 15) is 9.59 Å². The number of carbonyl (C=O) groups excluding carboxylic acids is 2. The Morgan fingerprint density at radius 2 is 2.04 bits per heavy atom. The fourth-order valence-corrected chi connectivity index (χ4v) is 6.06. The molecule has 0 unspecified atom stereocenters. The minimum atomic E-state index is 0.0180. The summed E-state index contributed by atoms with van der Waals surface area (Å²) in [5.41, 5.74) is 1.81. The van der Waals surface area contributed by atoms with Crippen LogP contribution in [0.15, 0.2) is 24.3 Å². The van der Waals surface area contributed by atoms with Crippen LogP contribution < -0.4 is 10.2 Å². The van der Waals surface area contributed by atoms with E-state index in [4.69, 9.17) is 0 Å². The predicted octanol–water partition coefficient (Wildman–Crippen LogP) is 3.44. The van der Waals surface area contributed by atoms with E-state index in [0.29, 0.717) is 24.2 Å². The highest BCUT2D eigenvalue weighted by molar-refractivity contribution is 5.95. The van der Waals surface area contributed by atoms with Crippen molar-refractivity contribution in [2.45, 2.75) is 63.5 Å². The summed E-state index contributed by atoms with van der Waals surface area (Å²) in [6.45, 7) is 3.22. The number of rotatable bonds is 3. The Kier molecular flexibility index (Phi) is 5.11. The Bertz CT molecular complexity index is 762. The Labute approximate surface area is 168 Å². The highest BCUT2D eigenvalue weighted by atomic mass is 16.2. The molecule has 1 aromatic carbocycles. The molecule has 3 fully saturated rings. The van der Waals surface area contributed by atoms with Crippen molar-refractivity contribution < 1.29 is 9.59 Å². The van der Waals surface area contributed by atoms with Crippen LogP contribution in [-0.4, -0.2) is 48.9 Å². The molecule has 1 aromatic rings. The number of anilines is 1.